The summed E-state index contributed by atoms with van der Waals surface area (Å²) in [5.74, 6) is -0.654. The molecule has 9 nitrogen and oxygen atoms in total. The highest BCUT2D eigenvalue weighted by Crippen LogP contribution is 2.20. The van der Waals surface area contributed by atoms with Gasteiger partial charge in [-0.2, -0.15) is 0 Å². The SMILES string of the molecule is CC(C)n1cnnc1SCC(=O)c1c(N)n(C)c(=O)[nH]c1=O. The molecule has 2 aromatic rings. The van der Waals surface area contributed by atoms with Gasteiger partial charge in [0.15, 0.2) is 10.9 Å². The van der Waals surface area contributed by atoms with Crippen molar-refractivity contribution in [1.29, 1.82) is 0 Å². The Hall–Kier alpha value is -2.36. The van der Waals surface area contributed by atoms with Gasteiger partial charge in [-0.3, -0.25) is 19.1 Å². The molecular formula is C12H16N6O3S. The van der Waals surface area contributed by atoms with Crippen molar-refractivity contribution in [2.24, 2.45) is 7.05 Å². The summed E-state index contributed by atoms with van der Waals surface area (Å²) in [6.07, 6.45) is 1.57. The van der Waals surface area contributed by atoms with E-state index in [9.17, 15) is 14.4 Å². The molecule has 0 fully saturated rings. The van der Waals surface area contributed by atoms with Gasteiger partial charge in [-0.05, 0) is 13.8 Å². The number of nitrogens with zero attached hydrogens (tertiary/aromatic N) is 4. The first kappa shape index (κ1) is 16.0. The summed E-state index contributed by atoms with van der Waals surface area (Å²) in [6.45, 7) is 3.93. The van der Waals surface area contributed by atoms with Gasteiger partial charge >= 0.3 is 5.69 Å². The highest BCUT2D eigenvalue weighted by molar-refractivity contribution is 7.99. The monoisotopic (exact) mass is 324 g/mol. The first-order chi connectivity index (χ1) is 10.3. The lowest BCUT2D eigenvalue weighted by Gasteiger charge is -2.10. The van der Waals surface area contributed by atoms with Crippen molar-refractivity contribution < 1.29 is 4.79 Å². The summed E-state index contributed by atoms with van der Waals surface area (Å²) in [6, 6.07) is 0.152. The number of aromatic amines is 1. The third-order valence-corrected chi connectivity index (χ3v) is 4.03. The van der Waals surface area contributed by atoms with Crippen LogP contribution >= 0.6 is 11.8 Å². The van der Waals surface area contributed by atoms with Crippen LogP contribution in [0, 0.1) is 0 Å². The molecule has 3 N–H and O–H groups in total. The molecule has 0 aliphatic heterocycles. The summed E-state index contributed by atoms with van der Waals surface area (Å²) in [5.41, 5.74) is 4.03. The van der Waals surface area contributed by atoms with Crippen molar-refractivity contribution in [3.63, 3.8) is 0 Å². The Kier molecular flexibility index (Phi) is 4.50. The lowest BCUT2D eigenvalue weighted by Crippen LogP contribution is -2.35. The summed E-state index contributed by atoms with van der Waals surface area (Å²) in [5, 5.41) is 8.30. The minimum atomic E-state index is -0.781. The van der Waals surface area contributed by atoms with Gasteiger partial charge in [0.25, 0.3) is 5.56 Å². The number of nitrogens with one attached hydrogen (secondary N) is 1. The number of hydrogen-bond acceptors (Lipinski definition) is 7. The molecule has 10 heteroatoms. The lowest BCUT2D eigenvalue weighted by atomic mass is 10.2. The number of nitrogens with two attached hydrogens (primary N) is 1. The van der Waals surface area contributed by atoms with Crippen LogP contribution in [-0.2, 0) is 7.05 Å². The highest BCUT2D eigenvalue weighted by atomic mass is 32.2. The van der Waals surface area contributed by atoms with E-state index in [-0.39, 0.29) is 23.2 Å². The van der Waals surface area contributed by atoms with E-state index in [0.29, 0.717) is 5.16 Å². The Morgan fingerprint density at radius 3 is 2.77 bits per heavy atom. The van der Waals surface area contributed by atoms with Gasteiger partial charge in [0, 0.05) is 13.1 Å². The first-order valence-electron chi connectivity index (χ1n) is 6.47. The summed E-state index contributed by atoms with van der Waals surface area (Å²) in [7, 11) is 1.38. The second-order valence-corrected chi connectivity index (χ2v) is 5.85. The van der Waals surface area contributed by atoms with Crippen molar-refractivity contribution in [1.82, 2.24) is 24.3 Å². The molecule has 2 rings (SSSR count). The predicted octanol–water partition coefficient (Wildman–Crippen LogP) is -0.197. The van der Waals surface area contributed by atoms with E-state index >= 15 is 0 Å². The Morgan fingerprint density at radius 1 is 1.45 bits per heavy atom. The molecule has 0 aliphatic rings. The maximum absolute atomic E-state index is 12.2. The van der Waals surface area contributed by atoms with E-state index < -0.39 is 17.0 Å². The molecule has 2 aromatic heterocycles. The fourth-order valence-corrected chi connectivity index (χ4v) is 2.71. The number of carbonyl (C=O) groups is 1. The van der Waals surface area contributed by atoms with Gasteiger partial charge in [0.2, 0.25) is 0 Å². The highest BCUT2D eigenvalue weighted by Gasteiger charge is 2.19. The van der Waals surface area contributed by atoms with E-state index in [0.717, 1.165) is 16.3 Å². The average Bonchev–Trinajstić information content (AvgIpc) is 2.91. The van der Waals surface area contributed by atoms with Gasteiger partial charge in [-0.15, -0.1) is 10.2 Å². The van der Waals surface area contributed by atoms with E-state index in [2.05, 4.69) is 15.2 Å². The normalized spacial score (nSPS) is 11.1. The number of carbonyl (C=O) groups excluding carboxylic acids is 1. The minimum absolute atomic E-state index is 0.0309. The largest absolute Gasteiger partial charge is 0.384 e. The van der Waals surface area contributed by atoms with Crippen LogP contribution in [0.25, 0.3) is 0 Å². The number of nitrogen functional groups attached to an aromatic ring is 1. The van der Waals surface area contributed by atoms with Crippen LogP contribution in [-0.4, -0.2) is 35.9 Å². The first-order valence-corrected chi connectivity index (χ1v) is 7.45. The maximum Gasteiger partial charge on any atom is 0.329 e. The van der Waals surface area contributed by atoms with Gasteiger partial charge in [0.1, 0.15) is 17.7 Å². The Morgan fingerprint density at radius 2 is 2.14 bits per heavy atom. The van der Waals surface area contributed by atoms with Crippen molar-refractivity contribution in [3.05, 3.63) is 32.7 Å². The average molecular weight is 324 g/mol. The molecule has 0 radical (unpaired) electrons. The van der Waals surface area contributed by atoms with Gasteiger partial charge < -0.3 is 10.3 Å². The van der Waals surface area contributed by atoms with Crippen molar-refractivity contribution in [2.45, 2.75) is 25.0 Å². The van der Waals surface area contributed by atoms with Crippen LogP contribution in [0.1, 0.15) is 30.2 Å². The second kappa shape index (κ2) is 6.18. The predicted molar refractivity (Wildman–Crippen MR) is 82.2 cm³/mol. The number of hydrogen-bond donors (Lipinski definition) is 2. The molecule has 0 aromatic carbocycles. The van der Waals surface area contributed by atoms with E-state index in [1.165, 1.54) is 7.05 Å². The summed E-state index contributed by atoms with van der Waals surface area (Å²) in [4.78, 5) is 37.5. The second-order valence-electron chi connectivity index (χ2n) is 4.90. The van der Waals surface area contributed by atoms with E-state index in [1.54, 1.807) is 6.33 Å². The van der Waals surface area contributed by atoms with Crippen molar-refractivity contribution >= 4 is 23.4 Å². The third kappa shape index (κ3) is 2.96. The maximum atomic E-state index is 12.2. The van der Waals surface area contributed by atoms with E-state index in [4.69, 9.17) is 5.73 Å². The fraction of sp³-hybridized carbons (Fsp3) is 0.417. The number of Topliss-reactive ketones (excluding diaryl/α,β-unsaturated/α-hetero) is 1. The van der Waals surface area contributed by atoms with Crippen LogP contribution in [0.4, 0.5) is 5.82 Å². The van der Waals surface area contributed by atoms with Crippen LogP contribution in [0.5, 0.6) is 0 Å². The zero-order valence-corrected chi connectivity index (χ0v) is 13.2. The Bertz CT molecular complexity index is 819. The lowest BCUT2D eigenvalue weighted by molar-refractivity contribution is 0.102. The molecule has 2 heterocycles. The molecule has 22 heavy (non-hydrogen) atoms. The number of thioether (sulfide) groups is 1. The Labute approximate surface area is 129 Å². The van der Waals surface area contributed by atoms with Crippen LogP contribution in [0.2, 0.25) is 0 Å². The third-order valence-electron chi connectivity index (χ3n) is 3.08. The molecule has 0 spiro atoms. The van der Waals surface area contributed by atoms with Gasteiger partial charge in [-0.1, -0.05) is 11.8 Å². The molecule has 0 atom stereocenters. The number of ketones is 1. The molecule has 118 valence electrons. The molecular weight excluding hydrogens is 308 g/mol. The molecule has 0 unspecified atom stereocenters. The number of rotatable bonds is 5. The standard InChI is InChI=1S/C12H16N6O3S/c1-6(2)18-5-14-16-12(18)22-4-7(19)8-9(13)17(3)11(21)15-10(8)20/h5-6H,4,13H2,1-3H3,(H,15,20,21). The molecule has 0 saturated heterocycles. The zero-order chi connectivity index (χ0) is 16.4. The van der Waals surface area contributed by atoms with Gasteiger partial charge in [-0.25, -0.2) is 4.79 Å². The van der Waals surface area contributed by atoms with Crippen LogP contribution < -0.4 is 17.0 Å². The molecule has 0 bridgehead atoms. The summed E-state index contributed by atoms with van der Waals surface area (Å²) < 4.78 is 2.84. The van der Waals surface area contributed by atoms with Gasteiger partial charge in [0.05, 0.1) is 5.75 Å². The molecule has 0 amide bonds. The molecule has 0 aliphatic carbocycles. The van der Waals surface area contributed by atoms with Crippen molar-refractivity contribution in [3.8, 4) is 0 Å². The quantitative estimate of drug-likeness (QED) is 0.575. The fourth-order valence-electron chi connectivity index (χ4n) is 1.80. The number of anilines is 1. The smallest absolute Gasteiger partial charge is 0.329 e. The topological polar surface area (TPSA) is 129 Å². The minimum Gasteiger partial charge on any atom is -0.384 e. The van der Waals surface area contributed by atoms with Crippen molar-refractivity contribution in [2.75, 3.05) is 11.5 Å². The number of aromatic nitrogens is 5. The summed E-state index contributed by atoms with van der Waals surface area (Å²) >= 11 is 1.16. The van der Waals surface area contributed by atoms with E-state index in [1.807, 2.05) is 18.4 Å². The van der Waals surface area contributed by atoms with Crippen LogP contribution in [0.3, 0.4) is 0 Å². The molecule has 0 saturated carbocycles. The Balaban J connectivity index is 2.24. The van der Waals surface area contributed by atoms with Crippen LogP contribution in [0.15, 0.2) is 21.1 Å². The number of H-pyrrole nitrogens is 1. The zero-order valence-electron chi connectivity index (χ0n) is 12.4.